The Morgan fingerprint density at radius 2 is 1.86 bits per heavy atom. The minimum atomic E-state index is -0.440. The summed E-state index contributed by atoms with van der Waals surface area (Å²) in [6.07, 6.45) is 0.481. The summed E-state index contributed by atoms with van der Waals surface area (Å²) in [5, 5.41) is 0.917. The molecule has 0 saturated carbocycles. The Balaban J connectivity index is 1.72. The van der Waals surface area contributed by atoms with Crippen LogP contribution in [0.2, 0.25) is 0 Å². The fraction of sp³-hybridized carbons (Fsp3) is 0.538. The van der Waals surface area contributed by atoms with E-state index in [1.54, 1.807) is 14.7 Å². The summed E-state index contributed by atoms with van der Waals surface area (Å²) < 4.78 is 6.01. The number of benzene rings is 1. The van der Waals surface area contributed by atoms with E-state index in [0.717, 1.165) is 21.1 Å². The van der Waals surface area contributed by atoms with Crippen molar-refractivity contribution in [2.24, 2.45) is 0 Å². The lowest BCUT2D eigenvalue weighted by molar-refractivity contribution is -0.139. The summed E-state index contributed by atoms with van der Waals surface area (Å²) in [5.41, 5.74) is 1.99. The molecule has 1 aromatic carbocycles. The molecule has 2 aromatic rings. The van der Waals surface area contributed by atoms with E-state index in [-0.39, 0.29) is 43.8 Å². The number of thiazole rings is 1. The highest BCUT2D eigenvalue weighted by Crippen LogP contribution is 2.19. The first-order valence-corrected chi connectivity index (χ1v) is 13.0. The van der Waals surface area contributed by atoms with Crippen LogP contribution in [0.25, 0.3) is 0 Å². The molecule has 1 saturated heterocycles. The molecule has 0 aliphatic carbocycles. The van der Waals surface area contributed by atoms with Crippen molar-refractivity contribution in [2.75, 3.05) is 45.9 Å². The van der Waals surface area contributed by atoms with Gasteiger partial charge in [0.15, 0.2) is 0 Å². The van der Waals surface area contributed by atoms with Gasteiger partial charge in [0.25, 0.3) is 0 Å². The summed E-state index contributed by atoms with van der Waals surface area (Å²) in [6.45, 7) is 10.00. The Morgan fingerprint density at radius 3 is 2.49 bits per heavy atom. The molecule has 0 N–H and O–H groups in total. The molecule has 3 rings (SSSR count). The Labute approximate surface area is 211 Å². The molecule has 35 heavy (non-hydrogen) atoms. The average Bonchev–Trinajstić information content (AvgIpc) is 3.06. The van der Waals surface area contributed by atoms with Gasteiger partial charge in [0, 0.05) is 37.6 Å². The van der Waals surface area contributed by atoms with Crippen LogP contribution in [-0.4, -0.2) is 89.4 Å². The van der Waals surface area contributed by atoms with Crippen LogP contribution in [0.5, 0.6) is 0 Å². The van der Waals surface area contributed by atoms with E-state index in [2.05, 4.69) is 4.98 Å². The topological polar surface area (TPSA) is 83.0 Å². The highest BCUT2D eigenvalue weighted by molar-refractivity contribution is 7.11. The van der Waals surface area contributed by atoms with E-state index in [0.29, 0.717) is 32.6 Å². The highest BCUT2D eigenvalue weighted by atomic mass is 32.1. The van der Waals surface area contributed by atoms with Gasteiger partial charge < -0.3 is 19.4 Å². The zero-order chi connectivity index (χ0) is 25.4. The van der Waals surface area contributed by atoms with Crippen molar-refractivity contribution < 1.29 is 19.1 Å². The molecule has 0 bridgehead atoms. The van der Waals surface area contributed by atoms with Gasteiger partial charge in [-0.2, -0.15) is 0 Å². The SMILES string of the molecule is CCN(CC)C(=O)COC1CN(CCc2ccccc2)C(=O)CN(C(=O)Cc2sc(C)nc2C)C1. The van der Waals surface area contributed by atoms with Crippen LogP contribution in [0.1, 0.15) is 35.0 Å². The lowest BCUT2D eigenvalue weighted by Crippen LogP contribution is -2.42. The van der Waals surface area contributed by atoms with Crippen LogP contribution in [0.4, 0.5) is 0 Å². The Bertz CT molecular complexity index is 1010. The van der Waals surface area contributed by atoms with Crippen LogP contribution in [-0.2, 0) is 32.0 Å². The summed E-state index contributed by atoms with van der Waals surface area (Å²) in [4.78, 5) is 49.2. The fourth-order valence-electron chi connectivity index (χ4n) is 4.24. The molecule has 1 unspecified atom stereocenters. The van der Waals surface area contributed by atoms with Gasteiger partial charge in [-0.25, -0.2) is 4.98 Å². The molecule has 2 heterocycles. The highest BCUT2D eigenvalue weighted by Gasteiger charge is 2.31. The molecule has 1 aromatic heterocycles. The molecular formula is C26H36N4O4S. The minimum Gasteiger partial charge on any atom is -0.365 e. The smallest absolute Gasteiger partial charge is 0.248 e. The van der Waals surface area contributed by atoms with Gasteiger partial charge in [0.2, 0.25) is 17.7 Å². The predicted molar refractivity (Wildman–Crippen MR) is 136 cm³/mol. The van der Waals surface area contributed by atoms with E-state index < -0.39 is 6.10 Å². The van der Waals surface area contributed by atoms with Crippen molar-refractivity contribution in [2.45, 2.75) is 46.6 Å². The van der Waals surface area contributed by atoms with Gasteiger partial charge in [-0.05, 0) is 39.7 Å². The molecular weight excluding hydrogens is 464 g/mol. The molecule has 0 radical (unpaired) electrons. The lowest BCUT2D eigenvalue weighted by Gasteiger charge is -2.26. The Hall–Kier alpha value is -2.78. The third kappa shape index (κ3) is 7.60. The van der Waals surface area contributed by atoms with Gasteiger partial charge in [0.05, 0.1) is 29.8 Å². The third-order valence-corrected chi connectivity index (χ3v) is 7.34. The van der Waals surface area contributed by atoms with Gasteiger partial charge >= 0.3 is 0 Å². The van der Waals surface area contributed by atoms with E-state index in [9.17, 15) is 14.4 Å². The predicted octanol–water partition coefficient (Wildman–Crippen LogP) is 2.47. The molecule has 1 fully saturated rings. The van der Waals surface area contributed by atoms with Gasteiger partial charge in [-0.15, -0.1) is 11.3 Å². The molecule has 1 aliphatic rings. The van der Waals surface area contributed by atoms with Gasteiger partial charge in [-0.1, -0.05) is 30.3 Å². The quantitative estimate of drug-likeness (QED) is 0.501. The minimum absolute atomic E-state index is 0.00824. The van der Waals surface area contributed by atoms with Crippen molar-refractivity contribution >= 4 is 29.1 Å². The largest absolute Gasteiger partial charge is 0.365 e. The second-order valence-corrected chi connectivity index (χ2v) is 10.1. The van der Waals surface area contributed by atoms with Crippen LogP contribution in [0.15, 0.2) is 30.3 Å². The van der Waals surface area contributed by atoms with Gasteiger partial charge in [0.1, 0.15) is 6.61 Å². The van der Waals surface area contributed by atoms with Crippen LogP contribution in [0.3, 0.4) is 0 Å². The first kappa shape index (κ1) is 26.8. The molecule has 0 spiro atoms. The lowest BCUT2D eigenvalue weighted by atomic mass is 10.1. The number of hydrogen-bond donors (Lipinski definition) is 0. The number of likely N-dealkylation sites (N-methyl/N-ethyl adjacent to an activating group) is 1. The molecule has 190 valence electrons. The number of amides is 3. The maximum Gasteiger partial charge on any atom is 0.248 e. The number of carbonyl (C=O) groups excluding carboxylic acids is 3. The number of hydrogen-bond acceptors (Lipinski definition) is 6. The van der Waals surface area contributed by atoms with E-state index in [1.807, 2.05) is 58.0 Å². The van der Waals surface area contributed by atoms with Crippen LogP contribution in [0, 0.1) is 13.8 Å². The summed E-state index contributed by atoms with van der Waals surface area (Å²) in [5.74, 6) is -0.318. The molecule has 1 atom stereocenters. The Morgan fingerprint density at radius 1 is 1.14 bits per heavy atom. The number of nitrogens with zero attached hydrogens (tertiary/aromatic N) is 4. The standard InChI is InChI=1S/C26H36N4O4S/c1-5-28(6-2)26(33)18-34-22-15-29(13-12-21-10-8-7-9-11-21)25(32)17-30(16-22)24(31)14-23-19(3)27-20(4)35-23/h7-11,22H,5-6,12-18H2,1-4H3. The average molecular weight is 501 g/mol. The fourth-order valence-corrected chi connectivity index (χ4v) is 5.17. The number of carbonyl (C=O) groups is 3. The summed E-state index contributed by atoms with van der Waals surface area (Å²) in [6, 6.07) is 10.00. The monoisotopic (exact) mass is 500 g/mol. The van der Waals surface area contributed by atoms with E-state index in [1.165, 1.54) is 11.3 Å². The normalized spacial score (nSPS) is 16.3. The molecule has 1 aliphatic heterocycles. The van der Waals surface area contributed by atoms with Crippen LogP contribution >= 0.6 is 11.3 Å². The number of rotatable bonds is 10. The maximum absolute atomic E-state index is 13.2. The van der Waals surface area contributed by atoms with E-state index in [4.69, 9.17) is 4.74 Å². The van der Waals surface area contributed by atoms with Crippen molar-refractivity contribution in [3.05, 3.63) is 51.5 Å². The second-order valence-electron chi connectivity index (χ2n) is 8.77. The number of aryl methyl sites for hydroxylation is 2. The first-order valence-electron chi connectivity index (χ1n) is 12.2. The second kappa shape index (κ2) is 12.8. The summed E-state index contributed by atoms with van der Waals surface area (Å²) in [7, 11) is 0. The zero-order valence-corrected chi connectivity index (χ0v) is 22.0. The van der Waals surface area contributed by atoms with Crippen molar-refractivity contribution in [1.82, 2.24) is 19.7 Å². The molecule has 9 heteroatoms. The van der Waals surface area contributed by atoms with Crippen LogP contribution < -0.4 is 0 Å². The first-order chi connectivity index (χ1) is 16.8. The van der Waals surface area contributed by atoms with Crippen molar-refractivity contribution in [3.8, 4) is 0 Å². The van der Waals surface area contributed by atoms with Crippen molar-refractivity contribution in [1.29, 1.82) is 0 Å². The third-order valence-electron chi connectivity index (χ3n) is 6.26. The number of ether oxygens (including phenoxy) is 1. The maximum atomic E-state index is 13.2. The van der Waals surface area contributed by atoms with E-state index >= 15 is 0 Å². The van der Waals surface area contributed by atoms with Gasteiger partial charge in [-0.3, -0.25) is 14.4 Å². The van der Waals surface area contributed by atoms with Crippen molar-refractivity contribution in [3.63, 3.8) is 0 Å². The Kier molecular flexibility index (Phi) is 9.80. The molecule has 3 amide bonds. The zero-order valence-electron chi connectivity index (χ0n) is 21.2. The summed E-state index contributed by atoms with van der Waals surface area (Å²) >= 11 is 1.51. The number of aromatic nitrogens is 1. The molecule has 8 nitrogen and oxygen atoms in total.